The SMILES string of the molecule is BCC(C)(F)CC. The Morgan fingerprint density at radius 3 is 2.14 bits per heavy atom. The summed E-state index contributed by atoms with van der Waals surface area (Å²) < 4.78 is 12.5. The smallest absolute Gasteiger partial charge is 0.105 e. The predicted octanol–water partition coefficient (Wildman–Crippen LogP) is 1.18. The Balaban J connectivity index is 3.36. The minimum atomic E-state index is -0.917. The molecule has 0 aromatic carbocycles. The van der Waals surface area contributed by atoms with Crippen molar-refractivity contribution in [3.8, 4) is 0 Å². The van der Waals surface area contributed by atoms with Crippen molar-refractivity contribution in [3.63, 3.8) is 0 Å². The first kappa shape index (κ1) is 6.99. The van der Waals surface area contributed by atoms with Crippen LogP contribution in [-0.2, 0) is 0 Å². The molecule has 1 atom stereocenters. The lowest BCUT2D eigenvalue weighted by molar-refractivity contribution is 0.211. The largest absolute Gasteiger partial charge is 0.245 e. The number of hydrogen-bond donors (Lipinski definition) is 0. The zero-order valence-electron chi connectivity index (χ0n) is 5.29. The summed E-state index contributed by atoms with van der Waals surface area (Å²) in [5.41, 5.74) is -0.917. The molecule has 42 valence electrons. The van der Waals surface area contributed by atoms with E-state index in [1.807, 2.05) is 14.8 Å². The van der Waals surface area contributed by atoms with Gasteiger partial charge in [-0.15, -0.1) is 0 Å². The quantitative estimate of drug-likeness (QED) is 0.459. The standard InChI is InChI=1S/C5H12BF/c1-3-5(2,7)4-6/h3-4,6H2,1-2H3. The first-order valence-electron chi connectivity index (χ1n) is 2.81. The second kappa shape index (κ2) is 2.34. The first-order chi connectivity index (χ1) is 3.12. The average molecular weight is 102 g/mol. The highest BCUT2D eigenvalue weighted by Gasteiger charge is 2.15. The molecule has 0 aliphatic rings. The molecular formula is C5H12BF. The Morgan fingerprint density at radius 2 is 2.14 bits per heavy atom. The van der Waals surface area contributed by atoms with Gasteiger partial charge in [0.1, 0.15) is 13.5 Å². The molecule has 0 aliphatic heterocycles. The predicted molar refractivity (Wildman–Crippen MR) is 33.2 cm³/mol. The summed E-state index contributed by atoms with van der Waals surface area (Å²) >= 11 is 0. The van der Waals surface area contributed by atoms with Gasteiger partial charge in [-0.1, -0.05) is 6.92 Å². The van der Waals surface area contributed by atoms with Gasteiger partial charge in [0.05, 0.1) is 0 Å². The van der Waals surface area contributed by atoms with Crippen LogP contribution in [0.2, 0.25) is 6.32 Å². The van der Waals surface area contributed by atoms with Crippen LogP contribution in [0.4, 0.5) is 4.39 Å². The Hall–Kier alpha value is -0.00506. The van der Waals surface area contributed by atoms with Crippen LogP contribution in [0, 0.1) is 0 Å². The van der Waals surface area contributed by atoms with Crippen LogP contribution in [0.1, 0.15) is 20.3 Å². The van der Waals surface area contributed by atoms with Gasteiger partial charge in [0, 0.05) is 0 Å². The minimum absolute atomic E-state index is 0.628. The maximum atomic E-state index is 12.5. The van der Waals surface area contributed by atoms with Gasteiger partial charge in [-0.2, -0.15) is 0 Å². The van der Waals surface area contributed by atoms with E-state index in [9.17, 15) is 4.39 Å². The van der Waals surface area contributed by atoms with Gasteiger partial charge >= 0.3 is 0 Å². The fourth-order valence-corrected chi connectivity index (χ4v) is 0.250. The van der Waals surface area contributed by atoms with Gasteiger partial charge in [0.2, 0.25) is 0 Å². The highest BCUT2D eigenvalue weighted by molar-refractivity contribution is 6.09. The van der Waals surface area contributed by atoms with Crippen LogP contribution in [0.15, 0.2) is 0 Å². The highest BCUT2D eigenvalue weighted by atomic mass is 19.1. The van der Waals surface area contributed by atoms with E-state index in [0.29, 0.717) is 12.7 Å². The maximum absolute atomic E-state index is 12.5. The molecule has 0 aliphatic carbocycles. The van der Waals surface area contributed by atoms with Crippen molar-refractivity contribution < 1.29 is 4.39 Å². The van der Waals surface area contributed by atoms with E-state index in [2.05, 4.69) is 0 Å². The summed E-state index contributed by atoms with van der Waals surface area (Å²) in [5.74, 6) is 0. The molecular weight excluding hydrogens is 89.9 g/mol. The van der Waals surface area contributed by atoms with Gasteiger partial charge < -0.3 is 0 Å². The number of hydrogen-bond acceptors (Lipinski definition) is 0. The van der Waals surface area contributed by atoms with Crippen LogP contribution in [-0.4, -0.2) is 13.5 Å². The molecule has 0 N–H and O–H groups in total. The van der Waals surface area contributed by atoms with Gasteiger partial charge in [-0.05, 0) is 19.7 Å². The van der Waals surface area contributed by atoms with Crippen molar-refractivity contribution in [1.29, 1.82) is 0 Å². The Bertz CT molecular complexity index is 46.0. The van der Waals surface area contributed by atoms with Crippen molar-refractivity contribution in [3.05, 3.63) is 0 Å². The molecule has 0 aromatic heterocycles. The molecule has 0 aromatic rings. The van der Waals surface area contributed by atoms with Crippen molar-refractivity contribution in [1.82, 2.24) is 0 Å². The minimum Gasteiger partial charge on any atom is -0.245 e. The van der Waals surface area contributed by atoms with Crippen LogP contribution in [0.3, 0.4) is 0 Å². The van der Waals surface area contributed by atoms with Gasteiger partial charge in [-0.25, -0.2) is 4.39 Å². The maximum Gasteiger partial charge on any atom is 0.105 e. The topological polar surface area (TPSA) is 0 Å². The molecule has 1 unspecified atom stereocenters. The van der Waals surface area contributed by atoms with E-state index in [0.717, 1.165) is 0 Å². The molecule has 0 saturated carbocycles. The molecule has 2 heteroatoms. The summed E-state index contributed by atoms with van der Waals surface area (Å²) in [6.45, 7) is 3.50. The van der Waals surface area contributed by atoms with Crippen LogP contribution in [0.5, 0.6) is 0 Å². The van der Waals surface area contributed by atoms with Crippen LogP contribution >= 0.6 is 0 Å². The Morgan fingerprint density at radius 1 is 1.71 bits per heavy atom. The van der Waals surface area contributed by atoms with Crippen molar-refractivity contribution in [2.45, 2.75) is 32.3 Å². The third kappa shape index (κ3) is 2.66. The number of halogens is 1. The highest BCUT2D eigenvalue weighted by Crippen LogP contribution is 2.17. The first-order valence-corrected chi connectivity index (χ1v) is 2.81. The fraction of sp³-hybridized carbons (Fsp3) is 1.00. The molecule has 0 bridgehead atoms. The van der Waals surface area contributed by atoms with Gasteiger partial charge in [-0.3, -0.25) is 0 Å². The molecule has 0 radical (unpaired) electrons. The number of alkyl halides is 1. The van der Waals surface area contributed by atoms with Gasteiger partial charge in [0.15, 0.2) is 0 Å². The molecule has 0 spiro atoms. The fourth-order valence-electron chi connectivity index (χ4n) is 0.250. The molecule has 0 nitrogen and oxygen atoms in total. The molecule has 7 heavy (non-hydrogen) atoms. The second-order valence-electron chi connectivity index (χ2n) is 2.12. The van der Waals surface area contributed by atoms with E-state index in [1.54, 1.807) is 6.92 Å². The summed E-state index contributed by atoms with van der Waals surface area (Å²) in [4.78, 5) is 0. The monoisotopic (exact) mass is 102 g/mol. The van der Waals surface area contributed by atoms with Crippen LogP contribution < -0.4 is 0 Å². The summed E-state index contributed by atoms with van der Waals surface area (Å²) in [6, 6.07) is 0. The van der Waals surface area contributed by atoms with E-state index in [4.69, 9.17) is 0 Å². The normalized spacial score (nSPS) is 18.7. The van der Waals surface area contributed by atoms with Gasteiger partial charge in [0.25, 0.3) is 0 Å². The molecule has 0 rings (SSSR count). The van der Waals surface area contributed by atoms with Crippen molar-refractivity contribution in [2.24, 2.45) is 0 Å². The second-order valence-corrected chi connectivity index (χ2v) is 2.12. The summed E-state index contributed by atoms with van der Waals surface area (Å²) in [6.07, 6.45) is 1.26. The zero-order valence-corrected chi connectivity index (χ0v) is 5.29. The lowest BCUT2D eigenvalue weighted by Gasteiger charge is -2.13. The summed E-state index contributed by atoms with van der Waals surface area (Å²) in [5, 5.41) is 0. The third-order valence-corrected chi connectivity index (χ3v) is 1.47. The summed E-state index contributed by atoms with van der Waals surface area (Å²) in [7, 11) is 1.86. The lowest BCUT2D eigenvalue weighted by atomic mass is 9.88. The van der Waals surface area contributed by atoms with Crippen molar-refractivity contribution >= 4 is 7.85 Å². The molecule has 0 saturated heterocycles. The van der Waals surface area contributed by atoms with E-state index in [1.165, 1.54) is 0 Å². The van der Waals surface area contributed by atoms with E-state index in [-0.39, 0.29) is 0 Å². The number of rotatable bonds is 2. The van der Waals surface area contributed by atoms with E-state index < -0.39 is 5.67 Å². The average Bonchev–Trinajstić information content (AvgIpc) is 1.68. The van der Waals surface area contributed by atoms with E-state index >= 15 is 0 Å². The Kier molecular flexibility index (Phi) is 2.34. The third-order valence-electron chi connectivity index (χ3n) is 1.47. The van der Waals surface area contributed by atoms with Crippen LogP contribution in [0.25, 0.3) is 0 Å². The molecule has 0 fully saturated rings. The molecule has 0 amide bonds. The molecule has 0 heterocycles. The zero-order chi connectivity index (χ0) is 5.91. The van der Waals surface area contributed by atoms with Crippen molar-refractivity contribution in [2.75, 3.05) is 0 Å². The lowest BCUT2D eigenvalue weighted by Crippen LogP contribution is -2.14. The Labute approximate surface area is 45.5 Å².